The van der Waals surface area contributed by atoms with Crippen LogP contribution in [0, 0.1) is 5.82 Å². The lowest BCUT2D eigenvalue weighted by molar-refractivity contribution is 0.432. The van der Waals surface area contributed by atoms with Crippen molar-refractivity contribution >= 4 is 17.0 Å². The van der Waals surface area contributed by atoms with Gasteiger partial charge >= 0.3 is 0 Å². The van der Waals surface area contributed by atoms with Crippen LogP contribution in [-0.2, 0) is 6.54 Å². The van der Waals surface area contributed by atoms with E-state index in [2.05, 4.69) is 10.3 Å². The van der Waals surface area contributed by atoms with Gasteiger partial charge in [-0.1, -0.05) is 6.07 Å². The Morgan fingerprint density at radius 3 is 2.62 bits per heavy atom. The molecule has 21 heavy (non-hydrogen) atoms. The van der Waals surface area contributed by atoms with Gasteiger partial charge < -0.3 is 10.4 Å². The number of rotatable bonds is 4. The Hall–Kier alpha value is -2.40. The van der Waals surface area contributed by atoms with Crippen molar-refractivity contribution in [3.8, 4) is 16.3 Å². The quantitative estimate of drug-likeness (QED) is 0.756. The fraction of sp³-hybridized carbons (Fsp3) is 0.0625. The number of aromatic hydroxyl groups is 1. The summed E-state index contributed by atoms with van der Waals surface area (Å²) in [7, 11) is 0. The highest BCUT2D eigenvalue weighted by atomic mass is 32.1. The predicted octanol–water partition coefficient (Wildman–Crippen LogP) is 4.27. The molecule has 0 atom stereocenters. The Morgan fingerprint density at radius 1 is 1.14 bits per heavy atom. The zero-order valence-corrected chi connectivity index (χ0v) is 11.9. The van der Waals surface area contributed by atoms with Crippen molar-refractivity contribution in [1.82, 2.24) is 4.98 Å². The van der Waals surface area contributed by atoms with E-state index in [0.29, 0.717) is 6.54 Å². The maximum atomic E-state index is 13.2. The number of benzene rings is 2. The number of hydrogen-bond donors (Lipinski definition) is 2. The number of nitrogens with one attached hydrogen (secondary N) is 1. The molecule has 0 unspecified atom stereocenters. The predicted molar refractivity (Wildman–Crippen MR) is 82.9 cm³/mol. The van der Waals surface area contributed by atoms with E-state index in [-0.39, 0.29) is 5.75 Å². The molecule has 0 fully saturated rings. The molecule has 0 saturated heterocycles. The lowest BCUT2D eigenvalue weighted by atomic mass is 10.2. The summed E-state index contributed by atoms with van der Waals surface area (Å²) in [5.41, 5.74) is 2.80. The van der Waals surface area contributed by atoms with Crippen molar-refractivity contribution in [2.45, 2.75) is 6.54 Å². The van der Waals surface area contributed by atoms with Crippen LogP contribution in [0.5, 0.6) is 5.75 Å². The van der Waals surface area contributed by atoms with Crippen molar-refractivity contribution in [2.24, 2.45) is 0 Å². The van der Waals surface area contributed by atoms with Crippen LogP contribution in [0.2, 0.25) is 0 Å². The average Bonchev–Trinajstić information content (AvgIpc) is 3.03. The Bertz CT molecular complexity index is 727. The summed E-state index contributed by atoms with van der Waals surface area (Å²) < 4.78 is 13.2. The van der Waals surface area contributed by atoms with Gasteiger partial charge in [0.25, 0.3) is 0 Å². The molecule has 106 valence electrons. The number of anilines is 1. The van der Waals surface area contributed by atoms with Crippen LogP contribution >= 0.6 is 11.3 Å². The fourth-order valence-electron chi connectivity index (χ4n) is 1.96. The third-order valence-corrected chi connectivity index (χ3v) is 3.90. The smallest absolute Gasteiger partial charge is 0.165 e. The lowest BCUT2D eigenvalue weighted by Crippen LogP contribution is -1.99. The van der Waals surface area contributed by atoms with E-state index < -0.39 is 5.82 Å². The zero-order chi connectivity index (χ0) is 14.7. The maximum absolute atomic E-state index is 13.2. The van der Waals surface area contributed by atoms with Crippen molar-refractivity contribution < 1.29 is 9.50 Å². The number of aromatic nitrogens is 1. The number of phenols is 1. The molecule has 0 aliphatic carbocycles. The summed E-state index contributed by atoms with van der Waals surface area (Å²) in [5, 5.41) is 15.3. The molecule has 3 rings (SSSR count). The molecule has 5 heteroatoms. The Morgan fingerprint density at radius 2 is 1.95 bits per heavy atom. The van der Waals surface area contributed by atoms with Gasteiger partial charge in [-0.2, -0.15) is 0 Å². The first-order chi connectivity index (χ1) is 10.2. The van der Waals surface area contributed by atoms with Crippen LogP contribution in [0.1, 0.15) is 5.56 Å². The summed E-state index contributed by atoms with van der Waals surface area (Å²) in [6.07, 6.45) is 1.78. The number of halogens is 1. The molecule has 0 radical (unpaired) electrons. The highest BCUT2D eigenvalue weighted by Gasteiger charge is 2.03. The minimum Gasteiger partial charge on any atom is -0.505 e. The van der Waals surface area contributed by atoms with E-state index in [0.717, 1.165) is 21.8 Å². The van der Waals surface area contributed by atoms with Crippen LogP contribution in [0.4, 0.5) is 10.1 Å². The molecule has 0 spiro atoms. The van der Waals surface area contributed by atoms with Crippen molar-refractivity contribution in [1.29, 1.82) is 0 Å². The van der Waals surface area contributed by atoms with E-state index in [1.54, 1.807) is 23.6 Å². The number of phenolic OH excluding ortho intramolecular Hbond substituents is 1. The second-order valence-corrected chi connectivity index (χ2v) is 5.45. The van der Waals surface area contributed by atoms with Crippen molar-refractivity contribution in [3.05, 3.63) is 65.4 Å². The van der Waals surface area contributed by atoms with Gasteiger partial charge in [0, 0.05) is 29.4 Å². The van der Waals surface area contributed by atoms with Gasteiger partial charge in [0.15, 0.2) is 11.6 Å². The molecule has 3 nitrogen and oxygen atoms in total. The molecule has 0 amide bonds. The first kappa shape index (κ1) is 13.6. The Kier molecular flexibility index (Phi) is 3.83. The first-order valence-electron chi connectivity index (χ1n) is 6.43. The molecular formula is C16H13FN2OS. The third-order valence-electron chi connectivity index (χ3n) is 3.07. The molecule has 2 N–H and O–H groups in total. The van der Waals surface area contributed by atoms with E-state index in [4.69, 9.17) is 5.11 Å². The summed E-state index contributed by atoms with van der Waals surface area (Å²) in [4.78, 5) is 4.26. The van der Waals surface area contributed by atoms with Gasteiger partial charge in [-0.3, -0.25) is 0 Å². The molecule has 0 bridgehead atoms. The van der Waals surface area contributed by atoms with Crippen molar-refractivity contribution in [2.75, 3.05) is 5.32 Å². The van der Waals surface area contributed by atoms with Gasteiger partial charge in [0.05, 0.1) is 0 Å². The number of hydrogen-bond acceptors (Lipinski definition) is 4. The molecule has 1 aromatic heterocycles. The second-order valence-electron chi connectivity index (χ2n) is 4.55. The average molecular weight is 300 g/mol. The van der Waals surface area contributed by atoms with Crippen LogP contribution in [0.25, 0.3) is 10.6 Å². The van der Waals surface area contributed by atoms with E-state index in [1.807, 2.05) is 29.6 Å². The summed E-state index contributed by atoms with van der Waals surface area (Å²) in [6, 6.07) is 12.3. The van der Waals surface area contributed by atoms with Gasteiger partial charge in [-0.15, -0.1) is 11.3 Å². The third kappa shape index (κ3) is 3.20. The summed E-state index contributed by atoms with van der Waals surface area (Å²) in [6.45, 7) is 0.494. The molecule has 2 aromatic carbocycles. The Balaban J connectivity index is 1.66. The summed E-state index contributed by atoms with van der Waals surface area (Å²) >= 11 is 1.60. The lowest BCUT2D eigenvalue weighted by Gasteiger charge is -2.07. The first-order valence-corrected chi connectivity index (χ1v) is 7.31. The highest BCUT2D eigenvalue weighted by Crippen LogP contribution is 2.23. The van der Waals surface area contributed by atoms with Gasteiger partial charge in [-0.05, 0) is 42.0 Å². The SMILES string of the molecule is Oc1ccc(CNc2ccc(-c3nccs3)cc2)cc1F. The molecule has 0 aliphatic rings. The van der Waals surface area contributed by atoms with Crippen LogP contribution in [0.3, 0.4) is 0 Å². The molecule has 1 heterocycles. The van der Waals surface area contributed by atoms with Gasteiger partial charge in [0.2, 0.25) is 0 Å². The molecule has 0 saturated carbocycles. The van der Waals surface area contributed by atoms with E-state index in [9.17, 15) is 4.39 Å². The minimum absolute atomic E-state index is 0.327. The topological polar surface area (TPSA) is 45.1 Å². The van der Waals surface area contributed by atoms with Gasteiger partial charge in [-0.25, -0.2) is 9.37 Å². The normalized spacial score (nSPS) is 10.5. The van der Waals surface area contributed by atoms with Crippen LogP contribution < -0.4 is 5.32 Å². The number of nitrogens with zero attached hydrogens (tertiary/aromatic N) is 1. The Labute approximate surface area is 125 Å². The maximum Gasteiger partial charge on any atom is 0.165 e. The highest BCUT2D eigenvalue weighted by molar-refractivity contribution is 7.13. The van der Waals surface area contributed by atoms with E-state index >= 15 is 0 Å². The van der Waals surface area contributed by atoms with Crippen molar-refractivity contribution in [3.63, 3.8) is 0 Å². The molecule has 0 aliphatic heterocycles. The van der Waals surface area contributed by atoms with Crippen LogP contribution in [-0.4, -0.2) is 10.1 Å². The number of thiazole rings is 1. The second kappa shape index (κ2) is 5.93. The minimum atomic E-state index is -0.603. The monoisotopic (exact) mass is 300 g/mol. The fourth-order valence-corrected chi connectivity index (χ4v) is 2.61. The zero-order valence-electron chi connectivity index (χ0n) is 11.1. The van der Waals surface area contributed by atoms with Crippen LogP contribution in [0.15, 0.2) is 54.0 Å². The largest absolute Gasteiger partial charge is 0.505 e. The molecular weight excluding hydrogens is 287 g/mol. The van der Waals surface area contributed by atoms with E-state index in [1.165, 1.54) is 12.1 Å². The summed E-state index contributed by atoms with van der Waals surface area (Å²) in [5.74, 6) is -0.931. The standard InChI is InChI=1S/C16H13FN2OS/c17-14-9-11(1-6-15(14)20)10-19-13-4-2-12(3-5-13)16-18-7-8-21-16/h1-9,19-20H,10H2. The van der Waals surface area contributed by atoms with Gasteiger partial charge in [0.1, 0.15) is 5.01 Å². The molecule has 3 aromatic rings.